The Balaban J connectivity index is 2.55. The third kappa shape index (κ3) is 6.08. The number of esters is 1. The summed E-state index contributed by atoms with van der Waals surface area (Å²) in [6.07, 6.45) is 7.57. The van der Waals surface area contributed by atoms with Crippen molar-refractivity contribution in [3.63, 3.8) is 0 Å². The van der Waals surface area contributed by atoms with E-state index in [-0.39, 0.29) is 17.9 Å². The Labute approximate surface area is 116 Å². The van der Waals surface area contributed by atoms with Crippen LogP contribution in [0.5, 0.6) is 0 Å². The molecule has 1 aliphatic carbocycles. The normalized spacial score (nSPS) is 17.8. The molecule has 0 aromatic rings. The summed E-state index contributed by atoms with van der Waals surface area (Å²) in [5.74, 6) is 0.288. The maximum absolute atomic E-state index is 11.8. The molecule has 1 saturated carbocycles. The van der Waals surface area contributed by atoms with Gasteiger partial charge in [-0.2, -0.15) is 0 Å². The van der Waals surface area contributed by atoms with Crippen LogP contribution in [0.15, 0.2) is 0 Å². The summed E-state index contributed by atoms with van der Waals surface area (Å²) in [6, 6.07) is -0.0431. The van der Waals surface area contributed by atoms with E-state index in [1.165, 1.54) is 19.3 Å². The molecule has 19 heavy (non-hydrogen) atoms. The smallest absolute Gasteiger partial charge is 0.307 e. The van der Waals surface area contributed by atoms with Crippen LogP contribution in [0.2, 0.25) is 0 Å². The molecule has 0 bridgehead atoms. The van der Waals surface area contributed by atoms with Gasteiger partial charge in [0.2, 0.25) is 5.91 Å². The summed E-state index contributed by atoms with van der Waals surface area (Å²) in [6.45, 7) is 4.20. The maximum Gasteiger partial charge on any atom is 0.307 e. The summed E-state index contributed by atoms with van der Waals surface area (Å²) in [5, 5.41) is 3.04. The molecular weight excluding hydrogens is 242 g/mol. The predicted octanol–water partition coefficient (Wildman–Crippen LogP) is 2.80. The lowest BCUT2D eigenvalue weighted by molar-refractivity contribution is -0.144. The fourth-order valence-electron chi connectivity index (χ4n) is 2.78. The molecule has 4 heteroatoms. The Kier molecular flexibility index (Phi) is 7.53. The molecule has 0 aromatic carbocycles. The lowest BCUT2D eigenvalue weighted by Gasteiger charge is -2.30. The largest absolute Gasteiger partial charge is 0.466 e. The van der Waals surface area contributed by atoms with Crippen LogP contribution in [0.25, 0.3) is 0 Å². The van der Waals surface area contributed by atoms with Gasteiger partial charge in [0.05, 0.1) is 13.0 Å². The van der Waals surface area contributed by atoms with Gasteiger partial charge in [0.1, 0.15) is 0 Å². The number of carbonyl (C=O) groups is 2. The Bertz CT molecular complexity index is 265. The zero-order valence-electron chi connectivity index (χ0n) is 12.2. The van der Waals surface area contributed by atoms with Gasteiger partial charge in [-0.15, -0.1) is 0 Å². The molecule has 0 radical (unpaired) electrons. The van der Waals surface area contributed by atoms with Crippen LogP contribution in [-0.4, -0.2) is 24.5 Å². The molecule has 0 unspecified atom stereocenters. The van der Waals surface area contributed by atoms with Gasteiger partial charge in [-0.3, -0.25) is 9.59 Å². The monoisotopic (exact) mass is 269 g/mol. The number of ether oxygens (including phenoxy) is 1. The topological polar surface area (TPSA) is 55.4 Å². The minimum atomic E-state index is -0.199. The van der Waals surface area contributed by atoms with Gasteiger partial charge in [0, 0.05) is 12.5 Å². The standard InChI is InChI=1S/C15H27NO3/c1-3-8-14(17)16-13(11-15(18)19-4-2)12-9-6-5-7-10-12/h12-13H,3-11H2,1-2H3,(H,16,17)/t13-/m1/s1. The Morgan fingerprint density at radius 1 is 1.21 bits per heavy atom. The van der Waals surface area contributed by atoms with Crippen molar-refractivity contribution in [3.05, 3.63) is 0 Å². The van der Waals surface area contributed by atoms with Gasteiger partial charge in [0.15, 0.2) is 0 Å². The number of carbonyl (C=O) groups excluding carboxylic acids is 2. The van der Waals surface area contributed by atoms with Gasteiger partial charge in [-0.1, -0.05) is 26.2 Å². The van der Waals surface area contributed by atoms with E-state index in [0.29, 0.717) is 25.4 Å². The molecule has 0 aliphatic heterocycles. The zero-order valence-corrected chi connectivity index (χ0v) is 12.2. The Morgan fingerprint density at radius 3 is 2.47 bits per heavy atom. The average molecular weight is 269 g/mol. The van der Waals surface area contributed by atoms with Gasteiger partial charge < -0.3 is 10.1 Å². The Hall–Kier alpha value is -1.06. The van der Waals surface area contributed by atoms with E-state index in [9.17, 15) is 9.59 Å². The van der Waals surface area contributed by atoms with E-state index in [2.05, 4.69) is 5.32 Å². The number of hydrogen-bond donors (Lipinski definition) is 1. The molecule has 0 heterocycles. The highest BCUT2D eigenvalue weighted by atomic mass is 16.5. The molecule has 1 atom stereocenters. The van der Waals surface area contributed by atoms with Crippen LogP contribution in [0.4, 0.5) is 0 Å². The van der Waals surface area contributed by atoms with Crippen molar-refractivity contribution >= 4 is 11.9 Å². The molecule has 1 N–H and O–H groups in total. The highest BCUT2D eigenvalue weighted by Gasteiger charge is 2.27. The van der Waals surface area contributed by atoms with Crippen molar-refractivity contribution in [1.29, 1.82) is 0 Å². The SMILES string of the molecule is CCCC(=O)N[C@H](CC(=O)OCC)C1CCCCC1. The first kappa shape index (κ1) is 16.0. The van der Waals surface area contributed by atoms with Gasteiger partial charge >= 0.3 is 5.97 Å². The van der Waals surface area contributed by atoms with E-state index >= 15 is 0 Å². The second-order valence-corrected chi connectivity index (χ2v) is 5.33. The van der Waals surface area contributed by atoms with Crippen LogP contribution >= 0.6 is 0 Å². The molecular formula is C15H27NO3. The summed E-state index contributed by atoms with van der Waals surface area (Å²) >= 11 is 0. The maximum atomic E-state index is 11.8. The van der Waals surface area contributed by atoms with Crippen molar-refractivity contribution in [3.8, 4) is 0 Å². The van der Waals surface area contributed by atoms with Crippen LogP contribution in [0.3, 0.4) is 0 Å². The number of hydrogen-bond acceptors (Lipinski definition) is 3. The van der Waals surface area contributed by atoms with Gasteiger partial charge in [0.25, 0.3) is 0 Å². The van der Waals surface area contributed by atoms with E-state index in [0.717, 1.165) is 19.3 Å². The van der Waals surface area contributed by atoms with E-state index in [1.807, 2.05) is 13.8 Å². The average Bonchev–Trinajstić information content (AvgIpc) is 2.39. The first-order valence-electron chi connectivity index (χ1n) is 7.62. The lowest BCUT2D eigenvalue weighted by atomic mass is 9.82. The molecule has 1 fully saturated rings. The molecule has 0 saturated heterocycles. The molecule has 4 nitrogen and oxygen atoms in total. The van der Waals surface area contributed by atoms with Crippen molar-refractivity contribution < 1.29 is 14.3 Å². The summed E-state index contributed by atoms with van der Waals surface area (Å²) in [4.78, 5) is 23.4. The quantitative estimate of drug-likeness (QED) is 0.723. The fraction of sp³-hybridized carbons (Fsp3) is 0.867. The Morgan fingerprint density at radius 2 is 1.89 bits per heavy atom. The molecule has 1 aliphatic rings. The lowest BCUT2D eigenvalue weighted by Crippen LogP contribution is -2.42. The first-order valence-corrected chi connectivity index (χ1v) is 7.62. The van der Waals surface area contributed by atoms with E-state index in [1.54, 1.807) is 0 Å². The second-order valence-electron chi connectivity index (χ2n) is 5.33. The minimum absolute atomic E-state index is 0.0431. The van der Waals surface area contributed by atoms with Crippen molar-refractivity contribution in [2.24, 2.45) is 5.92 Å². The summed E-state index contributed by atoms with van der Waals surface area (Å²) in [5.41, 5.74) is 0. The molecule has 0 aromatic heterocycles. The van der Waals surface area contributed by atoms with Crippen molar-refractivity contribution in [2.45, 2.75) is 71.3 Å². The highest BCUT2D eigenvalue weighted by Crippen LogP contribution is 2.28. The minimum Gasteiger partial charge on any atom is -0.466 e. The first-order chi connectivity index (χ1) is 9.17. The number of amides is 1. The van der Waals surface area contributed by atoms with Crippen LogP contribution in [0.1, 0.15) is 65.2 Å². The second kappa shape index (κ2) is 8.94. The van der Waals surface area contributed by atoms with Crippen molar-refractivity contribution in [2.75, 3.05) is 6.61 Å². The van der Waals surface area contributed by atoms with E-state index < -0.39 is 0 Å². The molecule has 110 valence electrons. The fourth-order valence-corrected chi connectivity index (χ4v) is 2.78. The predicted molar refractivity (Wildman–Crippen MR) is 74.7 cm³/mol. The van der Waals surface area contributed by atoms with Crippen LogP contribution < -0.4 is 5.32 Å². The third-order valence-electron chi connectivity index (χ3n) is 3.73. The molecule has 0 spiro atoms. The molecule has 1 rings (SSSR count). The zero-order chi connectivity index (χ0) is 14.1. The third-order valence-corrected chi connectivity index (χ3v) is 3.73. The van der Waals surface area contributed by atoms with Gasteiger partial charge in [-0.05, 0) is 32.1 Å². The van der Waals surface area contributed by atoms with Crippen LogP contribution in [0, 0.1) is 5.92 Å². The molecule has 1 amide bonds. The van der Waals surface area contributed by atoms with Crippen molar-refractivity contribution in [1.82, 2.24) is 5.32 Å². The number of nitrogens with one attached hydrogen (secondary N) is 1. The highest BCUT2D eigenvalue weighted by molar-refractivity contribution is 5.77. The number of rotatable bonds is 7. The van der Waals surface area contributed by atoms with E-state index in [4.69, 9.17) is 4.74 Å². The summed E-state index contributed by atoms with van der Waals surface area (Å²) in [7, 11) is 0. The summed E-state index contributed by atoms with van der Waals surface area (Å²) < 4.78 is 5.01. The van der Waals surface area contributed by atoms with Gasteiger partial charge in [-0.25, -0.2) is 0 Å². The van der Waals surface area contributed by atoms with Crippen LogP contribution in [-0.2, 0) is 14.3 Å².